The monoisotopic (exact) mass is 399 g/mol. The minimum Gasteiger partial charge on any atom is -0.302 e. The number of rotatable bonds is 3. The van der Waals surface area contributed by atoms with Crippen LogP contribution in [-0.2, 0) is 22.4 Å². The average Bonchev–Trinajstić information content (AvgIpc) is 3.37. The molecule has 0 radical (unpaired) electrons. The Morgan fingerprint density at radius 2 is 2.18 bits per heavy atom. The van der Waals surface area contributed by atoms with Crippen LogP contribution in [0.4, 0.5) is 15.3 Å². The maximum atomic E-state index is 14.2. The predicted octanol–water partition coefficient (Wildman–Crippen LogP) is 3.03. The second-order valence-corrected chi connectivity index (χ2v) is 8.28. The van der Waals surface area contributed by atoms with E-state index in [0.717, 1.165) is 31.4 Å². The van der Waals surface area contributed by atoms with Gasteiger partial charge in [-0.25, -0.2) is 9.37 Å². The lowest BCUT2D eigenvalue weighted by Gasteiger charge is -2.14. The van der Waals surface area contributed by atoms with Gasteiger partial charge in [0.1, 0.15) is 5.82 Å². The molecule has 1 aliphatic carbocycles. The Bertz CT molecular complexity index is 1070. The Kier molecular flexibility index (Phi) is 4.12. The average molecular weight is 399 g/mol. The number of H-pyrrole nitrogens is 1. The van der Waals surface area contributed by atoms with Crippen molar-refractivity contribution in [2.45, 2.75) is 32.1 Å². The van der Waals surface area contributed by atoms with Gasteiger partial charge in [0.05, 0.1) is 22.5 Å². The molecular weight excluding hydrogens is 381 g/mol. The van der Waals surface area contributed by atoms with Gasteiger partial charge in [-0.1, -0.05) is 6.07 Å². The lowest BCUT2D eigenvalue weighted by molar-refractivity contribution is -0.122. The number of nitrogens with one attached hydrogen (secondary N) is 2. The van der Waals surface area contributed by atoms with Crippen LogP contribution in [0.2, 0.25) is 0 Å². The number of nitrogens with zero attached hydrogens (tertiary/aromatic N) is 3. The van der Waals surface area contributed by atoms with Crippen LogP contribution in [0.1, 0.15) is 29.8 Å². The molecule has 7 nitrogen and oxygen atoms in total. The molecule has 2 N–H and O–H groups in total. The molecule has 144 valence electrons. The Morgan fingerprint density at radius 1 is 1.32 bits per heavy atom. The van der Waals surface area contributed by atoms with Gasteiger partial charge in [-0.05, 0) is 37.8 Å². The van der Waals surface area contributed by atoms with Gasteiger partial charge in [-0.15, -0.1) is 11.3 Å². The van der Waals surface area contributed by atoms with E-state index in [4.69, 9.17) is 0 Å². The molecule has 0 saturated carbocycles. The number of aromatic nitrogens is 3. The van der Waals surface area contributed by atoms with E-state index >= 15 is 0 Å². The number of benzene rings is 1. The highest BCUT2D eigenvalue weighted by Gasteiger charge is 2.37. The third kappa shape index (κ3) is 2.86. The van der Waals surface area contributed by atoms with Gasteiger partial charge in [0.15, 0.2) is 10.9 Å². The summed E-state index contributed by atoms with van der Waals surface area (Å²) >= 11 is 1.52. The molecule has 1 atom stereocenters. The van der Waals surface area contributed by atoms with Crippen LogP contribution >= 0.6 is 11.3 Å². The van der Waals surface area contributed by atoms with Crippen LogP contribution in [0, 0.1) is 11.7 Å². The first-order chi connectivity index (χ1) is 13.6. The number of hydrogen-bond acceptors (Lipinski definition) is 5. The van der Waals surface area contributed by atoms with Gasteiger partial charge in [-0.3, -0.25) is 19.6 Å². The van der Waals surface area contributed by atoms with Crippen LogP contribution in [0.5, 0.6) is 0 Å². The van der Waals surface area contributed by atoms with Crippen LogP contribution in [-0.4, -0.2) is 33.5 Å². The largest absolute Gasteiger partial charge is 0.302 e. The molecule has 1 aromatic carbocycles. The first kappa shape index (κ1) is 17.3. The van der Waals surface area contributed by atoms with E-state index in [0.29, 0.717) is 10.6 Å². The molecule has 5 rings (SSSR count). The van der Waals surface area contributed by atoms with E-state index in [1.807, 2.05) is 0 Å². The number of anilines is 2. The quantitative estimate of drug-likeness (QED) is 0.708. The number of amides is 2. The second kappa shape index (κ2) is 6.66. The summed E-state index contributed by atoms with van der Waals surface area (Å²) in [6.07, 6.45) is 4.32. The van der Waals surface area contributed by atoms with Crippen molar-refractivity contribution in [2.24, 2.45) is 5.92 Å². The van der Waals surface area contributed by atoms with E-state index in [2.05, 4.69) is 20.5 Å². The summed E-state index contributed by atoms with van der Waals surface area (Å²) in [6, 6.07) is 4.61. The highest BCUT2D eigenvalue weighted by Crippen LogP contribution is 2.33. The fraction of sp³-hybridized carbons (Fsp3) is 0.368. The Labute approximate surface area is 163 Å². The van der Waals surface area contributed by atoms with Crippen molar-refractivity contribution < 1.29 is 14.0 Å². The first-order valence-electron chi connectivity index (χ1n) is 9.32. The summed E-state index contributed by atoms with van der Waals surface area (Å²) in [7, 11) is 0. The summed E-state index contributed by atoms with van der Waals surface area (Å²) in [5.74, 6) is -1.21. The van der Waals surface area contributed by atoms with E-state index in [-0.39, 0.29) is 36.0 Å². The van der Waals surface area contributed by atoms with Crippen molar-refractivity contribution in [2.75, 3.05) is 16.8 Å². The van der Waals surface area contributed by atoms with Crippen molar-refractivity contribution in [3.05, 3.63) is 34.6 Å². The molecule has 1 unspecified atom stereocenters. The van der Waals surface area contributed by atoms with Gasteiger partial charge < -0.3 is 5.32 Å². The van der Waals surface area contributed by atoms with Gasteiger partial charge in [0.25, 0.3) is 0 Å². The van der Waals surface area contributed by atoms with Crippen LogP contribution in [0.15, 0.2) is 18.2 Å². The fourth-order valence-electron chi connectivity index (χ4n) is 3.91. The SMILES string of the molecule is O=C(Nc1nc2c(s1)CCCC2)C1CC(=O)N(c2n[nH]c3cccc(F)c23)C1. The number of thiazole rings is 1. The summed E-state index contributed by atoms with van der Waals surface area (Å²) < 4.78 is 14.2. The molecule has 1 aliphatic heterocycles. The molecule has 1 fully saturated rings. The number of aryl methyl sites for hydroxylation is 2. The minimum atomic E-state index is -0.521. The second-order valence-electron chi connectivity index (χ2n) is 7.20. The zero-order chi connectivity index (χ0) is 19.3. The van der Waals surface area contributed by atoms with Crippen molar-refractivity contribution >= 4 is 45.0 Å². The summed E-state index contributed by atoms with van der Waals surface area (Å²) in [4.78, 5) is 32.4. The molecule has 9 heteroatoms. The van der Waals surface area contributed by atoms with Crippen molar-refractivity contribution in [1.29, 1.82) is 0 Å². The van der Waals surface area contributed by atoms with Gasteiger partial charge in [0, 0.05) is 17.8 Å². The molecule has 3 heterocycles. The molecule has 0 bridgehead atoms. The van der Waals surface area contributed by atoms with Crippen molar-refractivity contribution in [3.63, 3.8) is 0 Å². The maximum absolute atomic E-state index is 14.2. The number of carbonyl (C=O) groups is 2. The summed E-state index contributed by atoms with van der Waals surface area (Å²) in [6.45, 7) is 0.171. The van der Waals surface area contributed by atoms with E-state index in [9.17, 15) is 14.0 Å². The van der Waals surface area contributed by atoms with E-state index in [1.165, 1.54) is 27.2 Å². The van der Waals surface area contributed by atoms with Crippen LogP contribution < -0.4 is 10.2 Å². The fourth-order valence-corrected chi connectivity index (χ4v) is 4.96. The smallest absolute Gasteiger partial charge is 0.231 e. The molecule has 28 heavy (non-hydrogen) atoms. The molecule has 2 aliphatic rings. The highest BCUT2D eigenvalue weighted by molar-refractivity contribution is 7.15. The lowest BCUT2D eigenvalue weighted by Crippen LogP contribution is -2.28. The van der Waals surface area contributed by atoms with Gasteiger partial charge in [0.2, 0.25) is 11.8 Å². The van der Waals surface area contributed by atoms with Crippen molar-refractivity contribution in [3.8, 4) is 0 Å². The Morgan fingerprint density at radius 3 is 3.04 bits per heavy atom. The predicted molar refractivity (Wildman–Crippen MR) is 104 cm³/mol. The maximum Gasteiger partial charge on any atom is 0.231 e. The van der Waals surface area contributed by atoms with Crippen LogP contribution in [0.3, 0.4) is 0 Å². The van der Waals surface area contributed by atoms with Crippen LogP contribution in [0.25, 0.3) is 10.9 Å². The van der Waals surface area contributed by atoms with E-state index < -0.39 is 11.7 Å². The molecule has 3 aromatic rings. The standard InChI is InChI=1S/C19H18FN5O2S/c20-11-4-3-6-13-16(11)17(24-23-13)25-9-10(8-15(25)26)18(27)22-19-21-12-5-1-2-7-14(12)28-19/h3-4,6,10H,1-2,5,7-9H2,(H,23,24)(H,21,22,27). The molecule has 2 aromatic heterocycles. The van der Waals surface area contributed by atoms with Crippen molar-refractivity contribution in [1.82, 2.24) is 15.2 Å². The highest BCUT2D eigenvalue weighted by atomic mass is 32.1. The van der Waals surface area contributed by atoms with E-state index in [1.54, 1.807) is 12.1 Å². The number of fused-ring (bicyclic) bond motifs is 2. The Hall–Kier alpha value is -2.81. The number of halogens is 1. The normalized spacial score (nSPS) is 19.2. The topological polar surface area (TPSA) is 91.0 Å². The third-order valence-electron chi connectivity index (χ3n) is 5.35. The number of hydrogen-bond donors (Lipinski definition) is 2. The number of carbonyl (C=O) groups excluding carboxylic acids is 2. The minimum absolute atomic E-state index is 0.0692. The molecule has 2 amide bonds. The zero-order valence-electron chi connectivity index (χ0n) is 15.0. The third-order valence-corrected chi connectivity index (χ3v) is 6.42. The number of aromatic amines is 1. The zero-order valence-corrected chi connectivity index (χ0v) is 15.8. The lowest BCUT2D eigenvalue weighted by atomic mass is 10.0. The molecular formula is C19H18FN5O2S. The summed E-state index contributed by atoms with van der Waals surface area (Å²) in [5.41, 5.74) is 1.60. The van der Waals surface area contributed by atoms with Gasteiger partial charge >= 0.3 is 0 Å². The molecule has 1 saturated heterocycles. The van der Waals surface area contributed by atoms with Gasteiger partial charge in [-0.2, -0.15) is 5.10 Å². The summed E-state index contributed by atoms with van der Waals surface area (Å²) in [5, 5.41) is 10.6. The first-order valence-corrected chi connectivity index (χ1v) is 10.1. The molecule has 0 spiro atoms. The Balaban J connectivity index is 1.34.